The molecule has 126 valence electrons. The lowest BCUT2D eigenvalue weighted by Gasteiger charge is -2.18. The minimum absolute atomic E-state index is 0.0303. The Morgan fingerprint density at radius 3 is 2.65 bits per heavy atom. The molecule has 0 radical (unpaired) electrons. The Morgan fingerprint density at radius 1 is 1.26 bits per heavy atom. The average molecular weight is 341 g/mol. The molecule has 7 nitrogen and oxygen atoms in total. The molecule has 1 aromatic rings. The van der Waals surface area contributed by atoms with Crippen molar-refractivity contribution in [2.24, 2.45) is 0 Å². The van der Waals surface area contributed by atoms with Gasteiger partial charge in [-0.3, -0.25) is 9.10 Å². The van der Waals surface area contributed by atoms with Gasteiger partial charge in [-0.15, -0.1) is 0 Å². The van der Waals surface area contributed by atoms with Gasteiger partial charge in [0, 0.05) is 19.2 Å². The molecule has 0 amide bonds. The number of anilines is 1. The first kappa shape index (κ1) is 17.4. The highest BCUT2D eigenvalue weighted by molar-refractivity contribution is 7.92. The fourth-order valence-corrected chi connectivity index (χ4v) is 3.54. The van der Waals surface area contributed by atoms with E-state index in [2.05, 4.69) is 4.74 Å². The number of sulfonamides is 1. The number of esters is 1. The molecule has 0 bridgehead atoms. The zero-order valence-electron chi connectivity index (χ0n) is 13.1. The van der Waals surface area contributed by atoms with E-state index in [-0.39, 0.29) is 24.7 Å². The SMILES string of the molecule is CCS(=O)(=O)N1CCc2cc(C(=O)COC(=O)COC)ccc21. The smallest absolute Gasteiger partial charge is 0.332 e. The van der Waals surface area contributed by atoms with Crippen molar-refractivity contribution in [3.63, 3.8) is 0 Å². The normalized spacial score (nSPS) is 13.7. The highest BCUT2D eigenvalue weighted by atomic mass is 32.2. The third kappa shape index (κ3) is 3.89. The van der Waals surface area contributed by atoms with Crippen molar-refractivity contribution in [2.75, 3.05) is 36.9 Å². The van der Waals surface area contributed by atoms with Gasteiger partial charge in [-0.05, 0) is 37.1 Å². The van der Waals surface area contributed by atoms with Crippen LogP contribution in [0.5, 0.6) is 0 Å². The van der Waals surface area contributed by atoms with Gasteiger partial charge < -0.3 is 9.47 Å². The van der Waals surface area contributed by atoms with Crippen LogP contribution in [0.4, 0.5) is 5.69 Å². The molecule has 1 heterocycles. The molecule has 1 aliphatic rings. The standard InChI is InChI=1S/C15H19NO6S/c1-3-23(19,20)16-7-6-11-8-12(4-5-13(11)16)14(17)9-22-15(18)10-21-2/h4-5,8H,3,6-7,9-10H2,1-2H3. The van der Waals surface area contributed by atoms with Crippen LogP contribution in [0.2, 0.25) is 0 Å². The quantitative estimate of drug-likeness (QED) is 0.537. The van der Waals surface area contributed by atoms with Crippen LogP contribution in [0.3, 0.4) is 0 Å². The Kier molecular flexibility index (Phi) is 5.38. The fourth-order valence-electron chi connectivity index (χ4n) is 2.38. The molecule has 0 unspecified atom stereocenters. The lowest BCUT2D eigenvalue weighted by molar-refractivity contribution is -0.146. The molecule has 0 spiro atoms. The molecule has 1 aromatic carbocycles. The van der Waals surface area contributed by atoms with Gasteiger partial charge in [0.1, 0.15) is 6.61 Å². The molecular weight excluding hydrogens is 322 g/mol. The predicted octanol–water partition coefficient (Wildman–Crippen LogP) is 0.771. The van der Waals surface area contributed by atoms with E-state index in [0.717, 1.165) is 5.56 Å². The van der Waals surface area contributed by atoms with Gasteiger partial charge in [-0.1, -0.05) is 0 Å². The van der Waals surface area contributed by atoms with Crippen molar-refractivity contribution in [3.05, 3.63) is 29.3 Å². The topological polar surface area (TPSA) is 90.0 Å². The number of hydrogen-bond donors (Lipinski definition) is 0. The minimum atomic E-state index is -3.31. The molecule has 2 rings (SSSR count). The summed E-state index contributed by atoms with van der Waals surface area (Å²) >= 11 is 0. The Morgan fingerprint density at radius 2 is 2.00 bits per heavy atom. The summed E-state index contributed by atoms with van der Waals surface area (Å²) in [4.78, 5) is 23.2. The zero-order chi connectivity index (χ0) is 17.0. The molecule has 1 aliphatic heterocycles. The maximum Gasteiger partial charge on any atom is 0.332 e. The molecule has 23 heavy (non-hydrogen) atoms. The van der Waals surface area contributed by atoms with Crippen LogP contribution in [0.25, 0.3) is 0 Å². The van der Waals surface area contributed by atoms with E-state index in [0.29, 0.717) is 24.2 Å². The molecular formula is C15H19NO6S. The Balaban J connectivity index is 2.11. The molecule has 0 atom stereocenters. The first-order chi connectivity index (χ1) is 10.9. The van der Waals surface area contributed by atoms with Crippen LogP contribution < -0.4 is 4.31 Å². The number of rotatable bonds is 7. The van der Waals surface area contributed by atoms with Crippen LogP contribution in [-0.4, -0.2) is 52.8 Å². The third-order valence-electron chi connectivity index (χ3n) is 3.58. The summed E-state index contributed by atoms with van der Waals surface area (Å²) in [5.74, 6) is -0.918. The molecule has 8 heteroatoms. The van der Waals surface area contributed by atoms with Gasteiger partial charge >= 0.3 is 5.97 Å². The molecule has 0 saturated carbocycles. The van der Waals surface area contributed by atoms with Crippen LogP contribution in [0.1, 0.15) is 22.8 Å². The predicted molar refractivity (Wildman–Crippen MR) is 84.1 cm³/mol. The summed E-state index contributed by atoms with van der Waals surface area (Å²) in [6, 6.07) is 4.83. The van der Waals surface area contributed by atoms with Gasteiger partial charge in [-0.2, -0.15) is 0 Å². The first-order valence-corrected chi connectivity index (χ1v) is 8.81. The second-order valence-electron chi connectivity index (χ2n) is 5.08. The van der Waals surface area contributed by atoms with Crippen molar-refractivity contribution >= 4 is 27.5 Å². The number of methoxy groups -OCH3 is 1. The van der Waals surface area contributed by atoms with Gasteiger partial charge in [0.05, 0.1) is 11.4 Å². The lowest BCUT2D eigenvalue weighted by Crippen LogP contribution is -2.30. The maximum atomic E-state index is 12.0. The van der Waals surface area contributed by atoms with Gasteiger partial charge in [0.2, 0.25) is 10.0 Å². The molecule has 0 fully saturated rings. The van der Waals surface area contributed by atoms with E-state index >= 15 is 0 Å². The summed E-state index contributed by atoms with van der Waals surface area (Å²) in [6.07, 6.45) is 0.555. The van der Waals surface area contributed by atoms with E-state index in [1.165, 1.54) is 11.4 Å². The van der Waals surface area contributed by atoms with Crippen molar-refractivity contribution < 1.29 is 27.5 Å². The Labute approximate surface area is 135 Å². The summed E-state index contributed by atoms with van der Waals surface area (Å²) in [5.41, 5.74) is 1.81. The number of hydrogen-bond acceptors (Lipinski definition) is 6. The molecule has 0 saturated heterocycles. The summed E-state index contributed by atoms with van der Waals surface area (Å²) in [5, 5.41) is 0. The second kappa shape index (κ2) is 7.10. The average Bonchev–Trinajstić information content (AvgIpc) is 2.96. The number of nitrogens with zero attached hydrogens (tertiary/aromatic N) is 1. The van der Waals surface area contributed by atoms with Crippen molar-refractivity contribution in [1.82, 2.24) is 0 Å². The van der Waals surface area contributed by atoms with Gasteiger partial charge in [0.15, 0.2) is 12.4 Å². The number of carbonyl (C=O) groups is 2. The van der Waals surface area contributed by atoms with Crippen molar-refractivity contribution in [2.45, 2.75) is 13.3 Å². The summed E-state index contributed by atoms with van der Waals surface area (Å²) < 4.78 is 34.8. The van der Waals surface area contributed by atoms with E-state index in [1.807, 2.05) is 0 Å². The number of carbonyl (C=O) groups excluding carboxylic acids is 2. The largest absolute Gasteiger partial charge is 0.456 e. The molecule has 0 aliphatic carbocycles. The zero-order valence-corrected chi connectivity index (χ0v) is 13.9. The fraction of sp³-hybridized carbons (Fsp3) is 0.467. The van der Waals surface area contributed by atoms with E-state index in [9.17, 15) is 18.0 Å². The lowest BCUT2D eigenvalue weighted by atomic mass is 10.1. The van der Waals surface area contributed by atoms with Crippen molar-refractivity contribution in [1.29, 1.82) is 0 Å². The number of ether oxygens (including phenoxy) is 2. The van der Waals surface area contributed by atoms with Crippen LogP contribution in [0.15, 0.2) is 18.2 Å². The number of benzene rings is 1. The Hall–Kier alpha value is -1.93. The van der Waals surface area contributed by atoms with Gasteiger partial charge in [-0.25, -0.2) is 13.2 Å². The van der Waals surface area contributed by atoms with E-state index in [4.69, 9.17) is 4.74 Å². The monoisotopic (exact) mass is 341 g/mol. The number of Topliss-reactive ketones (excluding diaryl/α,β-unsaturated/α-hetero) is 1. The molecule has 0 N–H and O–H groups in total. The summed E-state index contributed by atoms with van der Waals surface area (Å²) in [6.45, 7) is 1.41. The highest BCUT2D eigenvalue weighted by Gasteiger charge is 2.28. The summed E-state index contributed by atoms with van der Waals surface area (Å²) in [7, 11) is -1.95. The van der Waals surface area contributed by atoms with Crippen molar-refractivity contribution in [3.8, 4) is 0 Å². The van der Waals surface area contributed by atoms with Crippen LogP contribution in [0, 0.1) is 0 Å². The van der Waals surface area contributed by atoms with E-state index < -0.39 is 16.0 Å². The van der Waals surface area contributed by atoms with Crippen LogP contribution in [-0.2, 0) is 30.7 Å². The number of ketones is 1. The first-order valence-electron chi connectivity index (χ1n) is 7.20. The third-order valence-corrected chi connectivity index (χ3v) is 5.36. The van der Waals surface area contributed by atoms with Gasteiger partial charge in [0.25, 0.3) is 0 Å². The highest BCUT2D eigenvalue weighted by Crippen LogP contribution is 2.31. The molecule has 0 aromatic heterocycles. The second-order valence-corrected chi connectivity index (χ2v) is 7.27. The van der Waals surface area contributed by atoms with E-state index in [1.54, 1.807) is 25.1 Å². The number of fused-ring (bicyclic) bond motifs is 1. The van der Waals surface area contributed by atoms with Crippen LogP contribution >= 0.6 is 0 Å². The Bertz CT molecular complexity index is 713. The maximum absolute atomic E-state index is 12.0. The minimum Gasteiger partial charge on any atom is -0.456 e.